The molecule has 0 radical (unpaired) electrons. The van der Waals surface area contributed by atoms with Crippen LogP contribution in [0.3, 0.4) is 0 Å². The molecule has 1 saturated heterocycles. The lowest BCUT2D eigenvalue weighted by Gasteiger charge is -2.33. The van der Waals surface area contributed by atoms with Crippen LogP contribution in [0.2, 0.25) is 0 Å². The Labute approximate surface area is 194 Å². The number of piperidine rings is 1. The molecule has 2 aliphatic rings. The first-order valence-electron chi connectivity index (χ1n) is 11.1. The Kier molecular flexibility index (Phi) is 6.47. The predicted octanol–water partition coefficient (Wildman–Crippen LogP) is 3.98. The number of aromatic nitrogens is 2. The molecule has 0 atom stereocenters. The van der Waals surface area contributed by atoms with Crippen molar-refractivity contribution in [2.45, 2.75) is 68.3 Å². The summed E-state index contributed by atoms with van der Waals surface area (Å²) in [7, 11) is -3.23. The summed E-state index contributed by atoms with van der Waals surface area (Å²) in [6, 6.07) is 7.93. The highest BCUT2D eigenvalue weighted by molar-refractivity contribution is 7.92. The summed E-state index contributed by atoms with van der Waals surface area (Å²) < 4.78 is 41.8. The van der Waals surface area contributed by atoms with E-state index >= 15 is 0 Å². The van der Waals surface area contributed by atoms with Crippen LogP contribution in [-0.4, -0.2) is 59.4 Å². The highest BCUT2D eigenvalue weighted by Crippen LogP contribution is 2.34. The zero-order valence-corrected chi connectivity index (χ0v) is 19.9. The summed E-state index contributed by atoms with van der Waals surface area (Å²) in [5, 5.41) is -0.248. The Bertz CT molecular complexity index is 1090. The summed E-state index contributed by atoms with van der Waals surface area (Å²) >= 11 is 0. The van der Waals surface area contributed by atoms with Crippen molar-refractivity contribution in [1.29, 1.82) is 0 Å². The third kappa shape index (κ3) is 6.13. The van der Waals surface area contributed by atoms with Crippen molar-refractivity contribution in [3.8, 4) is 17.5 Å². The van der Waals surface area contributed by atoms with E-state index in [1.807, 2.05) is 20.8 Å². The molecular weight excluding hydrogens is 446 g/mol. The molecule has 1 aromatic heterocycles. The fourth-order valence-corrected chi connectivity index (χ4v) is 5.14. The van der Waals surface area contributed by atoms with Gasteiger partial charge in [0.1, 0.15) is 23.8 Å². The van der Waals surface area contributed by atoms with Crippen LogP contribution in [0.1, 0.15) is 46.5 Å². The number of carbonyl (C=O) groups excluding carboxylic acids is 1. The molecule has 4 rings (SSSR count). The molecule has 2 aromatic rings. The minimum atomic E-state index is -3.23. The van der Waals surface area contributed by atoms with Gasteiger partial charge in [-0.05, 0) is 57.9 Å². The average Bonchev–Trinajstić information content (AvgIpc) is 3.60. The van der Waals surface area contributed by atoms with Gasteiger partial charge in [0.05, 0.1) is 16.2 Å². The summed E-state index contributed by atoms with van der Waals surface area (Å²) in [5.74, 6) is 1.15. The number of carbonyl (C=O) groups is 1. The molecule has 1 aliphatic carbocycles. The number of rotatable bonds is 6. The molecular formula is C23H29N3O6S. The molecule has 0 spiro atoms. The molecule has 9 nitrogen and oxygen atoms in total. The van der Waals surface area contributed by atoms with Gasteiger partial charge in [0.2, 0.25) is 11.8 Å². The van der Waals surface area contributed by atoms with E-state index in [2.05, 4.69) is 9.97 Å². The van der Waals surface area contributed by atoms with Crippen LogP contribution in [0.25, 0.3) is 0 Å². The van der Waals surface area contributed by atoms with Crippen molar-refractivity contribution in [2.75, 3.05) is 13.1 Å². The third-order valence-corrected chi connectivity index (χ3v) is 7.61. The van der Waals surface area contributed by atoms with E-state index in [1.165, 1.54) is 6.33 Å². The van der Waals surface area contributed by atoms with Crippen molar-refractivity contribution in [3.63, 3.8) is 0 Å². The fourth-order valence-electron chi connectivity index (χ4n) is 3.49. The van der Waals surface area contributed by atoms with Gasteiger partial charge in [0.25, 0.3) is 0 Å². The normalized spacial score (nSPS) is 17.5. The third-order valence-electron chi connectivity index (χ3n) is 5.34. The number of ether oxygens (including phenoxy) is 3. The topological polar surface area (TPSA) is 108 Å². The molecule has 0 unspecified atom stereocenters. The van der Waals surface area contributed by atoms with Crippen molar-refractivity contribution in [1.82, 2.24) is 14.9 Å². The number of amides is 1. The van der Waals surface area contributed by atoms with E-state index in [1.54, 1.807) is 35.2 Å². The van der Waals surface area contributed by atoms with E-state index in [9.17, 15) is 13.2 Å². The average molecular weight is 476 g/mol. The molecule has 1 aromatic carbocycles. The lowest BCUT2D eigenvalue weighted by Crippen LogP contribution is -2.44. The first kappa shape index (κ1) is 23.3. The number of hydrogen-bond donors (Lipinski definition) is 0. The van der Waals surface area contributed by atoms with E-state index in [-0.39, 0.29) is 17.4 Å². The van der Waals surface area contributed by atoms with Crippen LogP contribution >= 0.6 is 0 Å². The van der Waals surface area contributed by atoms with Crippen LogP contribution in [0.5, 0.6) is 17.5 Å². The van der Waals surface area contributed by atoms with E-state index in [0.717, 1.165) is 12.8 Å². The standard InChI is InChI=1S/C23H29N3O6S/c1-23(2,3)32-22(27)26-12-10-17(11-13-26)31-21-14-20(24-15-25-21)30-16-4-6-18(7-5-16)33(28,29)19-8-9-19/h4-7,14-15,17,19H,8-13H2,1-3H3. The van der Waals surface area contributed by atoms with E-state index < -0.39 is 15.4 Å². The minimum Gasteiger partial charge on any atom is -0.474 e. The molecule has 10 heteroatoms. The number of benzene rings is 1. The number of nitrogens with zero attached hydrogens (tertiary/aromatic N) is 3. The van der Waals surface area contributed by atoms with Crippen molar-refractivity contribution in [2.24, 2.45) is 0 Å². The zero-order chi connectivity index (χ0) is 23.6. The number of hydrogen-bond acceptors (Lipinski definition) is 8. The maximum absolute atomic E-state index is 12.3. The van der Waals surface area contributed by atoms with Gasteiger partial charge in [-0.15, -0.1) is 0 Å². The van der Waals surface area contributed by atoms with Crippen LogP contribution < -0.4 is 9.47 Å². The van der Waals surface area contributed by atoms with Gasteiger partial charge in [-0.2, -0.15) is 0 Å². The number of sulfone groups is 1. The Hall–Kier alpha value is -2.88. The molecule has 1 aliphatic heterocycles. The summed E-state index contributed by atoms with van der Waals surface area (Å²) in [6.45, 7) is 6.63. The second-order valence-electron chi connectivity index (χ2n) is 9.30. The smallest absolute Gasteiger partial charge is 0.410 e. The lowest BCUT2D eigenvalue weighted by atomic mass is 10.1. The zero-order valence-electron chi connectivity index (χ0n) is 19.1. The Morgan fingerprint density at radius 1 is 1.00 bits per heavy atom. The molecule has 0 N–H and O–H groups in total. The van der Waals surface area contributed by atoms with Gasteiger partial charge < -0.3 is 19.1 Å². The molecule has 2 fully saturated rings. The van der Waals surface area contributed by atoms with Gasteiger partial charge in [-0.25, -0.2) is 23.2 Å². The Morgan fingerprint density at radius 3 is 2.24 bits per heavy atom. The fraction of sp³-hybridized carbons (Fsp3) is 0.522. The molecule has 33 heavy (non-hydrogen) atoms. The van der Waals surface area contributed by atoms with Gasteiger partial charge >= 0.3 is 6.09 Å². The molecule has 2 heterocycles. The monoisotopic (exact) mass is 475 g/mol. The van der Waals surface area contributed by atoms with Crippen LogP contribution in [0.4, 0.5) is 4.79 Å². The highest BCUT2D eigenvalue weighted by Gasteiger charge is 2.36. The van der Waals surface area contributed by atoms with Gasteiger partial charge in [-0.3, -0.25) is 0 Å². The summed E-state index contributed by atoms with van der Waals surface area (Å²) in [4.78, 5) is 22.5. The second kappa shape index (κ2) is 9.17. The van der Waals surface area contributed by atoms with Crippen LogP contribution in [0, 0.1) is 0 Å². The highest BCUT2D eigenvalue weighted by atomic mass is 32.2. The van der Waals surface area contributed by atoms with E-state index in [0.29, 0.717) is 48.3 Å². The van der Waals surface area contributed by atoms with Gasteiger partial charge in [-0.1, -0.05) is 0 Å². The minimum absolute atomic E-state index is 0.0849. The predicted molar refractivity (Wildman–Crippen MR) is 120 cm³/mol. The summed E-state index contributed by atoms with van der Waals surface area (Å²) in [6.07, 6.45) is 3.74. The molecule has 1 saturated carbocycles. The van der Waals surface area contributed by atoms with Crippen LogP contribution in [-0.2, 0) is 14.6 Å². The Morgan fingerprint density at radius 2 is 1.64 bits per heavy atom. The maximum Gasteiger partial charge on any atom is 0.410 e. The van der Waals surface area contributed by atoms with E-state index in [4.69, 9.17) is 14.2 Å². The number of likely N-dealkylation sites (tertiary alicyclic amines) is 1. The largest absolute Gasteiger partial charge is 0.474 e. The maximum atomic E-state index is 12.3. The molecule has 0 bridgehead atoms. The quantitative estimate of drug-likeness (QED) is 0.617. The molecule has 178 valence electrons. The van der Waals surface area contributed by atoms with Crippen molar-refractivity contribution < 1.29 is 27.4 Å². The van der Waals surface area contributed by atoms with Gasteiger partial charge in [0.15, 0.2) is 9.84 Å². The first-order valence-corrected chi connectivity index (χ1v) is 12.6. The second-order valence-corrected chi connectivity index (χ2v) is 11.5. The van der Waals surface area contributed by atoms with Crippen molar-refractivity contribution in [3.05, 3.63) is 36.7 Å². The summed E-state index contributed by atoms with van der Waals surface area (Å²) in [5.41, 5.74) is -0.520. The molecule has 1 amide bonds. The van der Waals surface area contributed by atoms with Crippen LogP contribution in [0.15, 0.2) is 41.6 Å². The van der Waals surface area contributed by atoms with Crippen molar-refractivity contribution >= 4 is 15.9 Å². The Balaban J connectivity index is 1.31. The SMILES string of the molecule is CC(C)(C)OC(=O)N1CCC(Oc2cc(Oc3ccc(S(=O)(=O)C4CC4)cc3)ncn2)CC1. The lowest BCUT2D eigenvalue weighted by molar-refractivity contribution is 0.0123. The first-order chi connectivity index (χ1) is 15.6. The van der Waals surface area contributed by atoms with Gasteiger partial charge in [0, 0.05) is 25.9 Å².